The van der Waals surface area contributed by atoms with Gasteiger partial charge in [-0.3, -0.25) is 20.4 Å². The minimum atomic E-state index is -0.406. The Kier molecular flexibility index (Phi) is 5.05. The molecule has 0 atom stereocenters. The van der Waals surface area contributed by atoms with Gasteiger partial charge < -0.3 is 9.15 Å². The monoisotopic (exact) mass is 316 g/mol. The second-order valence-corrected chi connectivity index (χ2v) is 5.08. The Morgan fingerprint density at radius 2 is 1.61 bits per heavy atom. The van der Waals surface area contributed by atoms with Crippen LogP contribution in [0, 0.1) is 20.8 Å². The molecule has 2 N–H and O–H groups in total. The fourth-order valence-corrected chi connectivity index (χ4v) is 2.24. The largest absolute Gasteiger partial charge is 0.494 e. The van der Waals surface area contributed by atoms with E-state index in [9.17, 15) is 9.59 Å². The molecule has 0 saturated carbocycles. The van der Waals surface area contributed by atoms with Crippen molar-refractivity contribution < 1.29 is 18.7 Å². The average Bonchev–Trinajstić information content (AvgIpc) is 2.78. The molecule has 0 unspecified atom stereocenters. The predicted octanol–water partition coefficient (Wildman–Crippen LogP) is 2.68. The lowest BCUT2D eigenvalue weighted by molar-refractivity contribution is 0.0845. The molecule has 0 saturated heterocycles. The zero-order chi connectivity index (χ0) is 17.0. The fraction of sp³-hybridized carbons (Fsp3) is 0.294. The summed E-state index contributed by atoms with van der Waals surface area (Å²) < 4.78 is 10.7. The fourth-order valence-electron chi connectivity index (χ4n) is 2.24. The number of amides is 2. The zero-order valence-electron chi connectivity index (χ0n) is 13.6. The Balaban J connectivity index is 1.99. The molecule has 0 spiro atoms. The molecule has 2 amide bonds. The summed E-state index contributed by atoms with van der Waals surface area (Å²) in [6.45, 7) is 7.75. The minimum absolute atomic E-state index is 0.406. The first kappa shape index (κ1) is 16.6. The molecular weight excluding hydrogens is 296 g/mol. The van der Waals surface area contributed by atoms with Crippen molar-refractivity contribution in [2.45, 2.75) is 27.7 Å². The Hall–Kier alpha value is -2.76. The number of carbonyl (C=O) groups is 2. The van der Waals surface area contributed by atoms with Crippen LogP contribution in [-0.4, -0.2) is 18.4 Å². The van der Waals surface area contributed by atoms with Crippen LogP contribution in [0.5, 0.6) is 5.75 Å². The average molecular weight is 316 g/mol. The van der Waals surface area contributed by atoms with Gasteiger partial charge in [-0.1, -0.05) is 0 Å². The van der Waals surface area contributed by atoms with Crippen LogP contribution in [0.1, 0.15) is 44.7 Å². The molecule has 122 valence electrons. The highest BCUT2D eigenvalue weighted by atomic mass is 16.5. The van der Waals surface area contributed by atoms with Gasteiger partial charge in [-0.15, -0.1) is 0 Å². The quantitative estimate of drug-likeness (QED) is 0.850. The maximum Gasteiger partial charge on any atom is 0.273 e. The zero-order valence-corrected chi connectivity index (χ0v) is 13.6. The van der Waals surface area contributed by atoms with Crippen LogP contribution in [0.4, 0.5) is 0 Å². The third-order valence-electron chi connectivity index (χ3n) is 3.51. The lowest BCUT2D eigenvalue weighted by Gasteiger charge is -2.08. The summed E-state index contributed by atoms with van der Waals surface area (Å²) in [5.41, 5.74) is 6.41. The number of aryl methyl sites for hydroxylation is 2. The summed E-state index contributed by atoms with van der Waals surface area (Å²) in [7, 11) is 0. The summed E-state index contributed by atoms with van der Waals surface area (Å²) in [5, 5.41) is 0. The summed E-state index contributed by atoms with van der Waals surface area (Å²) in [6, 6.07) is 6.66. The molecular formula is C17H20N2O4. The van der Waals surface area contributed by atoms with E-state index in [1.807, 2.05) is 6.92 Å². The lowest BCUT2D eigenvalue weighted by Crippen LogP contribution is -2.41. The van der Waals surface area contributed by atoms with E-state index in [2.05, 4.69) is 10.9 Å². The second-order valence-electron chi connectivity index (χ2n) is 5.08. The van der Waals surface area contributed by atoms with Gasteiger partial charge in [-0.2, -0.15) is 0 Å². The summed E-state index contributed by atoms with van der Waals surface area (Å²) in [5.74, 6) is 1.08. The molecule has 23 heavy (non-hydrogen) atoms. The Morgan fingerprint density at radius 3 is 2.13 bits per heavy atom. The van der Waals surface area contributed by atoms with Crippen molar-refractivity contribution in [3.8, 4) is 5.75 Å². The highest BCUT2D eigenvalue weighted by Gasteiger charge is 2.19. The molecule has 0 bridgehead atoms. The molecule has 0 fully saturated rings. The summed E-state index contributed by atoms with van der Waals surface area (Å²) in [6.07, 6.45) is 0. The Labute approximate surface area is 134 Å². The van der Waals surface area contributed by atoms with Crippen LogP contribution < -0.4 is 15.6 Å². The van der Waals surface area contributed by atoms with E-state index in [4.69, 9.17) is 9.15 Å². The van der Waals surface area contributed by atoms with E-state index in [1.165, 1.54) is 0 Å². The van der Waals surface area contributed by atoms with Gasteiger partial charge in [0.25, 0.3) is 11.8 Å². The topological polar surface area (TPSA) is 80.6 Å². The van der Waals surface area contributed by atoms with Crippen molar-refractivity contribution in [1.29, 1.82) is 0 Å². The number of nitrogens with one attached hydrogen (secondary N) is 2. The molecule has 1 heterocycles. The number of hydrogen-bond donors (Lipinski definition) is 2. The molecule has 0 radical (unpaired) electrons. The second kappa shape index (κ2) is 7.00. The first-order chi connectivity index (χ1) is 10.9. The normalized spacial score (nSPS) is 10.3. The van der Waals surface area contributed by atoms with Gasteiger partial charge in [-0.25, -0.2) is 0 Å². The molecule has 0 aliphatic heterocycles. The smallest absolute Gasteiger partial charge is 0.273 e. The van der Waals surface area contributed by atoms with Gasteiger partial charge in [0, 0.05) is 11.1 Å². The van der Waals surface area contributed by atoms with Gasteiger partial charge in [0.05, 0.1) is 12.2 Å². The van der Waals surface area contributed by atoms with Crippen molar-refractivity contribution in [3.05, 3.63) is 52.5 Å². The van der Waals surface area contributed by atoms with E-state index in [-0.39, 0.29) is 0 Å². The van der Waals surface area contributed by atoms with Gasteiger partial charge in [0.2, 0.25) is 0 Å². The number of hydrogen-bond acceptors (Lipinski definition) is 4. The van der Waals surface area contributed by atoms with E-state index < -0.39 is 11.8 Å². The van der Waals surface area contributed by atoms with E-state index >= 15 is 0 Å². The number of hydrazine groups is 1. The third-order valence-corrected chi connectivity index (χ3v) is 3.51. The molecule has 0 aliphatic rings. The third kappa shape index (κ3) is 3.71. The first-order valence-corrected chi connectivity index (χ1v) is 7.34. The molecule has 2 aromatic rings. The van der Waals surface area contributed by atoms with Crippen molar-refractivity contribution >= 4 is 11.8 Å². The van der Waals surface area contributed by atoms with Gasteiger partial charge >= 0.3 is 0 Å². The lowest BCUT2D eigenvalue weighted by atomic mass is 10.1. The number of rotatable bonds is 4. The standard InChI is InChI=1S/C17H20N2O4/c1-5-22-14-8-6-13(7-9-14)16(20)18-19-17(21)15-10(2)11(3)23-12(15)4/h6-9H,5H2,1-4H3,(H,18,20)(H,19,21). The molecule has 0 aliphatic carbocycles. The predicted molar refractivity (Wildman–Crippen MR) is 85.5 cm³/mol. The first-order valence-electron chi connectivity index (χ1n) is 7.34. The molecule has 6 heteroatoms. The Bertz CT molecular complexity index is 717. The molecule has 6 nitrogen and oxygen atoms in total. The van der Waals surface area contributed by atoms with E-state index in [0.717, 1.165) is 5.56 Å². The van der Waals surface area contributed by atoms with Crippen LogP contribution in [0.3, 0.4) is 0 Å². The Morgan fingerprint density at radius 1 is 1.00 bits per heavy atom. The van der Waals surface area contributed by atoms with Gasteiger partial charge in [0.1, 0.15) is 17.3 Å². The van der Waals surface area contributed by atoms with Crippen LogP contribution in [0.2, 0.25) is 0 Å². The van der Waals surface area contributed by atoms with Crippen LogP contribution in [0.15, 0.2) is 28.7 Å². The number of furan rings is 1. The number of benzene rings is 1. The number of ether oxygens (including phenoxy) is 1. The minimum Gasteiger partial charge on any atom is -0.494 e. The van der Waals surface area contributed by atoms with Crippen LogP contribution >= 0.6 is 0 Å². The van der Waals surface area contributed by atoms with Crippen LogP contribution in [-0.2, 0) is 0 Å². The molecule has 1 aromatic carbocycles. The summed E-state index contributed by atoms with van der Waals surface area (Å²) >= 11 is 0. The highest BCUT2D eigenvalue weighted by molar-refractivity contribution is 6.00. The SMILES string of the molecule is CCOc1ccc(C(=O)NNC(=O)c2c(C)oc(C)c2C)cc1. The van der Waals surface area contributed by atoms with E-state index in [0.29, 0.717) is 35.0 Å². The van der Waals surface area contributed by atoms with Gasteiger partial charge in [0.15, 0.2) is 0 Å². The van der Waals surface area contributed by atoms with Crippen LogP contribution in [0.25, 0.3) is 0 Å². The molecule has 2 rings (SSSR count). The van der Waals surface area contributed by atoms with Crippen molar-refractivity contribution in [3.63, 3.8) is 0 Å². The molecule has 1 aromatic heterocycles. The van der Waals surface area contributed by atoms with Crippen molar-refractivity contribution in [2.75, 3.05) is 6.61 Å². The maximum absolute atomic E-state index is 12.2. The summed E-state index contributed by atoms with van der Waals surface area (Å²) in [4.78, 5) is 24.2. The maximum atomic E-state index is 12.2. The van der Waals surface area contributed by atoms with Gasteiger partial charge in [-0.05, 0) is 52.0 Å². The number of carbonyl (C=O) groups excluding carboxylic acids is 2. The van der Waals surface area contributed by atoms with E-state index in [1.54, 1.807) is 45.0 Å². The van der Waals surface area contributed by atoms with Crippen molar-refractivity contribution in [1.82, 2.24) is 10.9 Å². The van der Waals surface area contributed by atoms with Crippen molar-refractivity contribution in [2.24, 2.45) is 0 Å². The highest BCUT2D eigenvalue weighted by Crippen LogP contribution is 2.20.